The summed E-state index contributed by atoms with van der Waals surface area (Å²) in [7, 11) is 0. The Morgan fingerprint density at radius 1 is 1.37 bits per heavy atom. The first-order valence-corrected chi connectivity index (χ1v) is 6.19. The van der Waals surface area contributed by atoms with E-state index in [0.29, 0.717) is 30.3 Å². The van der Waals surface area contributed by atoms with E-state index < -0.39 is 4.92 Å². The first-order chi connectivity index (χ1) is 8.93. The van der Waals surface area contributed by atoms with Crippen molar-refractivity contribution in [1.29, 1.82) is 0 Å². The fourth-order valence-corrected chi connectivity index (χ4v) is 1.70. The summed E-state index contributed by atoms with van der Waals surface area (Å²) in [6.07, 6.45) is 0. The number of nitrogens with one attached hydrogen (secondary N) is 2. The number of carbonyl (C=O) groups excluding carboxylic acids is 1. The summed E-state index contributed by atoms with van der Waals surface area (Å²) in [6, 6.07) is 4.86. The number of nitrogens with zero attached hydrogens (tertiary/aromatic N) is 1. The van der Waals surface area contributed by atoms with E-state index in [-0.39, 0.29) is 11.6 Å². The maximum Gasteiger partial charge on any atom is 0.273 e. The third kappa shape index (κ3) is 4.33. The fraction of sp³-hybridized carbons (Fsp3) is 0.462. The lowest BCUT2D eigenvalue weighted by atomic mass is 10.1. The predicted molar refractivity (Wildman–Crippen MR) is 73.3 cm³/mol. The second-order valence-corrected chi connectivity index (χ2v) is 4.57. The summed E-state index contributed by atoms with van der Waals surface area (Å²) in [6.45, 7) is 6.77. The molecule has 1 aromatic carbocycles. The molecule has 0 saturated heterocycles. The SMILES string of the molecule is Cc1c(C(=O)NCCNC(C)C)cccc1[N+](=O)[O-]. The Bertz CT molecular complexity index is 472. The van der Waals surface area contributed by atoms with Crippen LogP contribution in [0.5, 0.6) is 0 Å². The van der Waals surface area contributed by atoms with Crippen molar-refractivity contribution in [2.75, 3.05) is 13.1 Å². The van der Waals surface area contributed by atoms with Crippen LogP contribution in [0.15, 0.2) is 18.2 Å². The Morgan fingerprint density at radius 3 is 2.63 bits per heavy atom. The van der Waals surface area contributed by atoms with Crippen molar-refractivity contribution in [2.24, 2.45) is 0 Å². The van der Waals surface area contributed by atoms with Gasteiger partial charge in [-0.25, -0.2) is 0 Å². The number of nitro groups is 1. The monoisotopic (exact) mass is 265 g/mol. The molecule has 6 heteroatoms. The minimum atomic E-state index is -0.480. The first-order valence-electron chi connectivity index (χ1n) is 6.19. The third-order valence-corrected chi connectivity index (χ3v) is 2.71. The second-order valence-electron chi connectivity index (χ2n) is 4.57. The quantitative estimate of drug-likeness (QED) is 0.465. The van der Waals surface area contributed by atoms with Crippen molar-refractivity contribution in [3.8, 4) is 0 Å². The maximum atomic E-state index is 11.9. The first kappa shape index (κ1) is 15.1. The molecule has 6 nitrogen and oxygen atoms in total. The van der Waals surface area contributed by atoms with Gasteiger partial charge in [0.1, 0.15) is 0 Å². The van der Waals surface area contributed by atoms with Gasteiger partial charge in [0.15, 0.2) is 0 Å². The molecule has 0 aliphatic carbocycles. The van der Waals surface area contributed by atoms with Gasteiger partial charge in [-0.1, -0.05) is 19.9 Å². The average molecular weight is 265 g/mol. The van der Waals surface area contributed by atoms with Crippen molar-refractivity contribution in [3.05, 3.63) is 39.4 Å². The van der Waals surface area contributed by atoms with Crippen molar-refractivity contribution in [2.45, 2.75) is 26.8 Å². The topological polar surface area (TPSA) is 84.3 Å². The van der Waals surface area contributed by atoms with Gasteiger partial charge in [0.25, 0.3) is 11.6 Å². The molecule has 0 unspecified atom stereocenters. The Labute approximate surface area is 112 Å². The molecule has 0 spiro atoms. The van der Waals surface area contributed by atoms with Gasteiger partial charge in [0, 0.05) is 36.3 Å². The molecule has 0 heterocycles. The smallest absolute Gasteiger partial charge is 0.273 e. The average Bonchev–Trinajstić information content (AvgIpc) is 2.34. The summed E-state index contributed by atoms with van der Waals surface area (Å²) in [4.78, 5) is 22.2. The fourth-order valence-electron chi connectivity index (χ4n) is 1.70. The molecule has 0 aliphatic heterocycles. The molecular formula is C13H19N3O3. The van der Waals surface area contributed by atoms with E-state index >= 15 is 0 Å². The lowest BCUT2D eigenvalue weighted by molar-refractivity contribution is -0.385. The number of hydrogen-bond donors (Lipinski definition) is 2. The van der Waals surface area contributed by atoms with Crippen LogP contribution >= 0.6 is 0 Å². The molecule has 19 heavy (non-hydrogen) atoms. The normalized spacial score (nSPS) is 10.5. The number of carbonyl (C=O) groups is 1. The summed E-state index contributed by atoms with van der Waals surface area (Å²) in [5.41, 5.74) is 0.702. The van der Waals surface area contributed by atoms with Crippen LogP contribution in [0, 0.1) is 17.0 Å². The summed E-state index contributed by atoms with van der Waals surface area (Å²) in [5.74, 6) is -0.285. The van der Waals surface area contributed by atoms with E-state index in [2.05, 4.69) is 10.6 Å². The Hall–Kier alpha value is -1.95. The van der Waals surface area contributed by atoms with Crippen LogP contribution in [0.25, 0.3) is 0 Å². The molecule has 104 valence electrons. The molecule has 0 aromatic heterocycles. The van der Waals surface area contributed by atoms with E-state index in [0.717, 1.165) is 0 Å². The van der Waals surface area contributed by atoms with Crippen LogP contribution in [0.3, 0.4) is 0 Å². The number of hydrogen-bond acceptors (Lipinski definition) is 4. The number of amides is 1. The highest BCUT2D eigenvalue weighted by Crippen LogP contribution is 2.20. The lowest BCUT2D eigenvalue weighted by Gasteiger charge is -2.10. The summed E-state index contributed by atoms with van der Waals surface area (Å²) >= 11 is 0. The zero-order valence-electron chi connectivity index (χ0n) is 11.4. The van der Waals surface area contributed by atoms with E-state index in [1.807, 2.05) is 13.8 Å². The highest BCUT2D eigenvalue weighted by molar-refractivity contribution is 5.96. The number of rotatable bonds is 6. The molecule has 0 atom stereocenters. The van der Waals surface area contributed by atoms with Gasteiger partial charge in [-0.3, -0.25) is 14.9 Å². The zero-order valence-corrected chi connectivity index (χ0v) is 11.4. The van der Waals surface area contributed by atoms with Gasteiger partial charge in [0.2, 0.25) is 0 Å². The molecule has 1 amide bonds. The zero-order chi connectivity index (χ0) is 14.4. The van der Waals surface area contributed by atoms with Crippen LogP contribution in [-0.4, -0.2) is 30.0 Å². The molecule has 1 rings (SSSR count). The Kier molecular flexibility index (Phi) is 5.44. The lowest BCUT2D eigenvalue weighted by Crippen LogP contribution is -2.34. The van der Waals surface area contributed by atoms with Crippen molar-refractivity contribution < 1.29 is 9.72 Å². The maximum absolute atomic E-state index is 11.9. The van der Waals surface area contributed by atoms with Crippen molar-refractivity contribution in [1.82, 2.24) is 10.6 Å². The van der Waals surface area contributed by atoms with Gasteiger partial charge in [0.05, 0.1) is 4.92 Å². The van der Waals surface area contributed by atoms with E-state index in [9.17, 15) is 14.9 Å². The van der Waals surface area contributed by atoms with Gasteiger partial charge in [-0.05, 0) is 13.0 Å². The van der Waals surface area contributed by atoms with E-state index in [1.165, 1.54) is 12.1 Å². The predicted octanol–water partition coefficient (Wildman–Crippen LogP) is 1.63. The Balaban J connectivity index is 2.67. The van der Waals surface area contributed by atoms with Crippen LogP contribution in [0.2, 0.25) is 0 Å². The second kappa shape index (κ2) is 6.84. The van der Waals surface area contributed by atoms with Crippen molar-refractivity contribution in [3.63, 3.8) is 0 Å². The van der Waals surface area contributed by atoms with Crippen LogP contribution in [0.4, 0.5) is 5.69 Å². The number of benzene rings is 1. The minimum absolute atomic E-state index is 0.0343. The molecule has 0 fully saturated rings. The van der Waals surface area contributed by atoms with Crippen molar-refractivity contribution >= 4 is 11.6 Å². The molecule has 1 aromatic rings. The molecule has 0 radical (unpaired) electrons. The molecule has 0 bridgehead atoms. The van der Waals surface area contributed by atoms with Gasteiger partial charge in [-0.2, -0.15) is 0 Å². The standard InChI is InChI=1S/C13H19N3O3/c1-9(2)14-7-8-15-13(17)11-5-4-6-12(10(11)3)16(18)19/h4-6,9,14H,7-8H2,1-3H3,(H,15,17). The van der Waals surface area contributed by atoms with Crippen LogP contribution in [0.1, 0.15) is 29.8 Å². The summed E-state index contributed by atoms with van der Waals surface area (Å²) < 4.78 is 0. The third-order valence-electron chi connectivity index (χ3n) is 2.71. The molecule has 2 N–H and O–H groups in total. The highest BCUT2D eigenvalue weighted by atomic mass is 16.6. The largest absolute Gasteiger partial charge is 0.351 e. The van der Waals surface area contributed by atoms with Crippen LogP contribution < -0.4 is 10.6 Å². The Morgan fingerprint density at radius 2 is 2.05 bits per heavy atom. The molecular weight excluding hydrogens is 246 g/mol. The highest BCUT2D eigenvalue weighted by Gasteiger charge is 2.17. The molecule has 0 aliphatic rings. The van der Waals surface area contributed by atoms with Gasteiger partial charge in [-0.15, -0.1) is 0 Å². The van der Waals surface area contributed by atoms with Gasteiger partial charge < -0.3 is 10.6 Å². The van der Waals surface area contributed by atoms with E-state index in [4.69, 9.17) is 0 Å². The van der Waals surface area contributed by atoms with Crippen LogP contribution in [-0.2, 0) is 0 Å². The minimum Gasteiger partial charge on any atom is -0.351 e. The number of nitro benzene ring substituents is 1. The summed E-state index contributed by atoms with van der Waals surface area (Å²) in [5, 5.41) is 16.7. The van der Waals surface area contributed by atoms with E-state index in [1.54, 1.807) is 13.0 Å². The van der Waals surface area contributed by atoms with Gasteiger partial charge >= 0.3 is 0 Å². The molecule has 0 saturated carbocycles.